The van der Waals surface area contributed by atoms with Crippen LogP contribution in [0, 0.1) is 5.92 Å². The Kier molecular flexibility index (Phi) is 7.88. The molecule has 0 aliphatic heterocycles. The van der Waals surface area contributed by atoms with Gasteiger partial charge in [0, 0.05) is 18.3 Å². The molecule has 168 valence electrons. The van der Waals surface area contributed by atoms with E-state index in [1.165, 1.54) is 11.8 Å². The van der Waals surface area contributed by atoms with Crippen molar-refractivity contribution < 1.29 is 14.3 Å². The van der Waals surface area contributed by atoms with Crippen LogP contribution in [-0.4, -0.2) is 39.4 Å². The number of carbonyl (C=O) groups excluding carboxylic acids is 2. The fourth-order valence-corrected chi connectivity index (χ4v) is 3.79. The van der Waals surface area contributed by atoms with Gasteiger partial charge >= 0.3 is 0 Å². The number of hydrogen-bond acceptors (Lipinski definition) is 6. The average molecular weight is 454 g/mol. The van der Waals surface area contributed by atoms with Crippen molar-refractivity contribution in [2.24, 2.45) is 13.0 Å². The van der Waals surface area contributed by atoms with Crippen molar-refractivity contribution in [1.29, 1.82) is 0 Å². The van der Waals surface area contributed by atoms with Crippen LogP contribution in [0.15, 0.2) is 59.8 Å². The normalized spacial score (nSPS) is 11.8. The van der Waals surface area contributed by atoms with Gasteiger partial charge in [-0.2, -0.15) is 0 Å². The van der Waals surface area contributed by atoms with Gasteiger partial charge in [0.05, 0.1) is 18.9 Å². The van der Waals surface area contributed by atoms with Gasteiger partial charge in [-0.15, -0.1) is 10.2 Å². The number of carbonyl (C=O) groups is 2. The van der Waals surface area contributed by atoms with Gasteiger partial charge in [-0.25, -0.2) is 0 Å². The van der Waals surface area contributed by atoms with Crippen LogP contribution < -0.4 is 15.4 Å². The lowest BCUT2D eigenvalue weighted by Gasteiger charge is -2.21. The Labute approximate surface area is 191 Å². The maximum atomic E-state index is 12.6. The third-order valence-corrected chi connectivity index (χ3v) is 5.86. The zero-order valence-electron chi connectivity index (χ0n) is 18.5. The number of rotatable bonds is 9. The van der Waals surface area contributed by atoms with E-state index in [1.807, 2.05) is 43.7 Å². The van der Waals surface area contributed by atoms with Crippen LogP contribution in [-0.2, 0) is 11.8 Å². The predicted molar refractivity (Wildman–Crippen MR) is 125 cm³/mol. The van der Waals surface area contributed by atoms with Gasteiger partial charge in [-0.05, 0) is 42.3 Å². The molecule has 32 heavy (non-hydrogen) atoms. The summed E-state index contributed by atoms with van der Waals surface area (Å²) in [7, 11) is 3.43. The Balaban J connectivity index is 1.63. The van der Waals surface area contributed by atoms with Crippen LogP contribution in [0.5, 0.6) is 5.75 Å². The van der Waals surface area contributed by atoms with Gasteiger partial charge in [0.1, 0.15) is 5.75 Å². The van der Waals surface area contributed by atoms with Crippen molar-refractivity contribution in [2.45, 2.75) is 25.0 Å². The summed E-state index contributed by atoms with van der Waals surface area (Å²) < 4.78 is 6.94. The maximum Gasteiger partial charge on any atom is 0.251 e. The molecule has 0 unspecified atom stereocenters. The zero-order valence-corrected chi connectivity index (χ0v) is 19.3. The molecule has 9 heteroatoms. The number of amides is 2. The van der Waals surface area contributed by atoms with E-state index in [1.54, 1.807) is 43.5 Å². The molecule has 3 aromatic rings. The molecule has 2 N–H and O–H groups in total. The van der Waals surface area contributed by atoms with Crippen molar-refractivity contribution in [3.63, 3.8) is 0 Å². The average Bonchev–Trinajstić information content (AvgIpc) is 3.16. The number of nitrogens with zero attached hydrogens (tertiary/aromatic N) is 3. The molecule has 2 aromatic carbocycles. The lowest BCUT2D eigenvalue weighted by atomic mass is 10.0. The highest BCUT2D eigenvalue weighted by molar-refractivity contribution is 7.99. The number of anilines is 1. The third kappa shape index (κ3) is 5.88. The van der Waals surface area contributed by atoms with Crippen LogP contribution >= 0.6 is 11.8 Å². The summed E-state index contributed by atoms with van der Waals surface area (Å²) >= 11 is 1.29. The zero-order chi connectivity index (χ0) is 23.1. The van der Waals surface area contributed by atoms with Crippen LogP contribution in [0.2, 0.25) is 0 Å². The fraction of sp³-hybridized carbons (Fsp3) is 0.304. The van der Waals surface area contributed by atoms with E-state index >= 15 is 0 Å². The Morgan fingerprint density at radius 1 is 1.06 bits per heavy atom. The Hall–Kier alpha value is -3.33. The summed E-state index contributed by atoms with van der Waals surface area (Å²) in [5, 5.41) is 15.0. The molecule has 0 radical (unpaired) electrons. The van der Waals surface area contributed by atoms with E-state index in [9.17, 15) is 9.59 Å². The van der Waals surface area contributed by atoms with E-state index < -0.39 is 0 Å². The minimum Gasteiger partial charge on any atom is -0.497 e. The summed E-state index contributed by atoms with van der Waals surface area (Å²) in [4.78, 5) is 25.0. The molecule has 1 heterocycles. The molecular formula is C23H27N5O3S. The lowest BCUT2D eigenvalue weighted by Crippen LogP contribution is -2.33. The second-order valence-corrected chi connectivity index (χ2v) is 8.47. The molecule has 0 aliphatic rings. The summed E-state index contributed by atoms with van der Waals surface area (Å²) in [5.41, 5.74) is 1.28. The smallest absolute Gasteiger partial charge is 0.251 e. The second kappa shape index (κ2) is 10.8. The second-order valence-electron chi connectivity index (χ2n) is 7.53. The molecule has 0 saturated heterocycles. The number of benzene rings is 2. The number of nitrogens with one attached hydrogen (secondary N) is 2. The van der Waals surface area contributed by atoms with Crippen molar-refractivity contribution >= 4 is 29.3 Å². The maximum absolute atomic E-state index is 12.6. The van der Waals surface area contributed by atoms with Crippen LogP contribution in [0.25, 0.3) is 0 Å². The first-order valence-electron chi connectivity index (χ1n) is 10.2. The molecule has 0 bridgehead atoms. The third-order valence-electron chi connectivity index (χ3n) is 4.84. The summed E-state index contributed by atoms with van der Waals surface area (Å²) in [5.74, 6) is 1.33. The number of aromatic nitrogens is 3. The van der Waals surface area contributed by atoms with Crippen molar-refractivity contribution in [2.75, 3.05) is 18.2 Å². The molecule has 8 nitrogen and oxygen atoms in total. The molecule has 0 spiro atoms. The highest BCUT2D eigenvalue weighted by Crippen LogP contribution is 2.24. The van der Waals surface area contributed by atoms with Gasteiger partial charge in [0.2, 0.25) is 5.91 Å². The molecule has 1 aromatic heterocycles. The molecule has 0 saturated carbocycles. The highest BCUT2D eigenvalue weighted by atomic mass is 32.2. The first-order chi connectivity index (χ1) is 15.4. The van der Waals surface area contributed by atoms with E-state index in [0.717, 1.165) is 5.75 Å². The minimum atomic E-state index is -0.317. The van der Waals surface area contributed by atoms with E-state index in [4.69, 9.17) is 4.74 Å². The van der Waals surface area contributed by atoms with E-state index in [-0.39, 0.29) is 29.5 Å². The van der Waals surface area contributed by atoms with Gasteiger partial charge in [0.15, 0.2) is 11.0 Å². The number of ether oxygens (including phenoxy) is 1. The van der Waals surface area contributed by atoms with E-state index in [2.05, 4.69) is 20.8 Å². The lowest BCUT2D eigenvalue weighted by molar-refractivity contribution is -0.113. The quantitative estimate of drug-likeness (QED) is 0.480. The van der Waals surface area contributed by atoms with Crippen LogP contribution in [0.1, 0.15) is 36.1 Å². The predicted octanol–water partition coefficient (Wildman–Crippen LogP) is 3.68. The largest absolute Gasteiger partial charge is 0.497 e. The highest BCUT2D eigenvalue weighted by Gasteiger charge is 2.25. The van der Waals surface area contributed by atoms with Gasteiger partial charge in [-0.3, -0.25) is 9.59 Å². The molecular weight excluding hydrogens is 426 g/mol. The molecule has 3 rings (SSSR count). The number of methoxy groups -OCH3 is 1. The molecule has 2 amide bonds. The molecule has 1 atom stereocenters. The van der Waals surface area contributed by atoms with Crippen molar-refractivity contribution in [3.05, 3.63) is 66.0 Å². The SMILES string of the molecule is COc1ccc(NC(=O)CSc2nnc([C@H](NC(=O)c3ccccc3)C(C)C)n2C)cc1. The van der Waals surface area contributed by atoms with Gasteiger partial charge in [0.25, 0.3) is 5.91 Å². The van der Waals surface area contributed by atoms with Gasteiger partial charge in [-0.1, -0.05) is 43.8 Å². The topological polar surface area (TPSA) is 98.1 Å². The van der Waals surface area contributed by atoms with Crippen molar-refractivity contribution in [1.82, 2.24) is 20.1 Å². The van der Waals surface area contributed by atoms with Crippen LogP contribution in [0.4, 0.5) is 5.69 Å². The fourth-order valence-electron chi connectivity index (χ4n) is 3.07. The number of hydrogen-bond donors (Lipinski definition) is 2. The van der Waals surface area contributed by atoms with Crippen molar-refractivity contribution in [3.8, 4) is 5.75 Å². The minimum absolute atomic E-state index is 0.0989. The Morgan fingerprint density at radius 2 is 1.75 bits per heavy atom. The molecule has 0 aliphatic carbocycles. The molecule has 0 fully saturated rings. The summed E-state index contributed by atoms with van der Waals surface area (Å²) in [6.45, 7) is 4.03. The monoisotopic (exact) mass is 453 g/mol. The number of thioether (sulfide) groups is 1. The Morgan fingerprint density at radius 3 is 2.38 bits per heavy atom. The summed E-state index contributed by atoms with van der Waals surface area (Å²) in [6.07, 6.45) is 0. The Bertz CT molecular complexity index is 1050. The standard InChI is InChI=1S/C23H27N5O3S/c1-15(2)20(25-22(30)16-8-6-5-7-9-16)21-26-27-23(28(21)3)32-14-19(29)24-17-10-12-18(31-4)13-11-17/h5-13,15,20H,14H2,1-4H3,(H,24,29)(H,25,30)/t20-/m1/s1. The first kappa shape index (κ1) is 23.3. The van der Waals surface area contributed by atoms with Crippen LogP contribution in [0.3, 0.4) is 0 Å². The van der Waals surface area contributed by atoms with E-state index in [0.29, 0.717) is 22.2 Å². The first-order valence-corrected chi connectivity index (χ1v) is 11.2. The van der Waals surface area contributed by atoms with Gasteiger partial charge < -0.3 is 19.9 Å². The summed E-state index contributed by atoms with van der Waals surface area (Å²) in [6, 6.07) is 15.9.